The van der Waals surface area contributed by atoms with E-state index in [9.17, 15) is 13.2 Å². The van der Waals surface area contributed by atoms with Gasteiger partial charge in [0.1, 0.15) is 0 Å². The molecule has 0 saturated carbocycles. The molecule has 0 atom stereocenters. The molecule has 0 saturated heterocycles. The molecular formula is C10H11NO4S. The molecule has 16 heavy (non-hydrogen) atoms. The first-order valence-corrected chi connectivity index (χ1v) is 6.34. The zero-order chi connectivity index (χ0) is 11.8. The van der Waals surface area contributed by atoms with E-state index in [-0.39, 0.29) is 18.1 Å². The summed E-state index contributed by atoms with van der Waals surface area (Å²) < 4.78 is 29.5. The van der Waals surface area contributed by atoms with Crippen LogP contribution in [-0.2, 0) is 31.7 Å². The summed E-state index contributed by atoms with van der Waals surface area (Å²) in [6.07, 6.45) is 0.144. The third-order valence-corrected chi connectivity index (χ3v) is 3.58. The molecule has 1 aliphatic heterocycles. The van der Waals surface area contributed by atoms with Crippen LogP contribution in [0.1, 0.15) is 11.1 Å². The van der Waals surface area contributed by atoms with Gasteiger partial charge in [0.05, 0.1) is 25.0 Å². The zero-order valence-corrected chi connectivity index (χ0v) is 9.50. The van der Waals surface area contributed by atoms with Gasteiger partial charge >= 0.3 is 5.97 Å². The van der Waals surface area contributed by atoms with Gasteiger partial charge < -0.3 is 4.74 Å². The van der Waals surface area contributed by atoms with Crippen molar-refractivity contribution in [2.45, 2.75) is 12.2 Å². The Morgan fingerprint density at radius 3 is 2.94 bits per heavy atom. The lowest BCUT2D eigenvalue weighted by atomic mass is 10.1. The molecule has 5 nitrogen and oxygen atoms in total. The summed E-state index contributed by atoms with van der Waals surface area (Å²) in [5, 5.41) is 0. The zero-order valence-electron chi connectivity index (χ0n) is 8.69. The van der Waals surface area contributed by atoms with Crippen LogP contribution in [0.4, 0.5) is 5.69 Å². The van der Waals surface area contributed by atoms with Crippen molar-refractivity contribution in [2.75, 3.05) is 11.8 Å². The second-order valence-electron chi connectivity index (χ2n) is 3.61. The molecule has 0 unspecified atom stereocenters. The summed E-state index contributed by atoms with van der Waals surface area (Å²) in [6.45, 7) is 0. The lowest BCUT2D eigenvalue weighted by Crippen LogP contribution is -2.06. The van der Waals surface area contributed by atoms with Gasteiger partial charge in [0.2, 0.25) is 10.0 Å². The summed E-state index contributed by atoms with van der Waals surface area (Å²) in [4.78, 5) is 11.0. The third-order valence-electron chi connectivity index (χ3n) is 2.36. The van der Waals surface area contributed by atoms with Gasteiger partial charge in [-0.25, -0.2) is 8.42 Å². The first kappa shape index (κ1) is 10.9. The Hall–Kier alpha value is -1.56. The minimum atomic E-state index is -3.22. The summed E-state index contributed by atoms with van der Waals surface area (Å²) in [6, 6.07) is 5.11. The number of fused-ring (bicyclic) bond motifs is 1. The maximum Gasteiger partial charge on any atom is 0.309 e. The lowest BCUT2D eigenvalue weighted by molar-refractivity contribution is -0.139. The molecule has 0 amide bonds. The minimum Gasteiger partial charge on any atom is -0.469 e. The predicted octanol–water partition coefficient (Wildman–Crippen LogP) is 0.657. The molecule has 0 aliphatic carbocycles. The van der Waals surface area contributed by atoms with Crippen LogP contribution in [0.15, 0.2) is 18.2 Å². The fraction of sp³-hybridized carbons (Fsp3) is 0.300. The van der Waals surface area contributed by atoms with E-state index in [1.807, 2.05) is 0 Å². The molecule has 1 aliphatic rings. The smallest absolute Gasteiger partial charge is 0.309 e. The fourth-order valence-electron chi connectivity index (χ4n) is 1.60. The lowest BCUT2D eigenvalue weighted by Gasteiger charge is -2.02. The number of rotatable bonds is 2. The highest BCUT2D eigenvalue weighted by molar-refractivity contribution is 7.92. The van der Waals surface area contributed by atoms with Gasteiger partial charge in [-0.2, -0.15) is 0 Å². The topological polar surface area (TPSA) is 72.5 Å². The minimum absolute atomic E-state index is 0.000831. The molecule has 1 aromatic carbocycles. The summed E-state index contributed by atoms with van der Waals surface area (Å²) in [5.74, 6) is -0.346. The average Bonchev–Trinajstić information content (AvgIpc) is 2.51. The van der Waals surface area contributed by atoms with E-state index in [1.165, 1.54) is 7.11 Å². The number of ether oxygens (including phenoxy) is 1. The van der Waals surface area contributed by atoms with Crippen LogP contribution in [0.3, 0.4) is 0 Å². The number of carbonyl (C=O) groups is 1. The Kier molecular flexibility index (Phi) is 2.59. The molecule has 0 bridgehead atoms. The molecule has 1 aromatic rings. The van der Waals surface area contributed by atoms with Gasteiger partial charge in [0.25, 0.3) is 0 Å². The summed E-state index contributed by atoms with van der Waals surface area (Å²) >= 11 is 0. The van der Waals surface area contributed by atoms with Crippen LogP contribution in [0.5, 0.6) is 0 Å². The van der Waals surface area contributed by atoms with E-state index in [1.54, 1.807) is 18.2 Å². The van der Waals surface area contributed by atoms with Crippen molar-refractivity contribution in [1.29, 1.82) is 0 Å². The van der Waals surface area contributed by atoms with Gasteiger partial charge in [-0.1, -0.05) is 12.1 Å². The van der Waals surface area contributed by atoms with Crippen molar-refractivity contribution in [3.05, 3.63) is 29.3 Å². The number of hydrogen-bond donors (Lipinski definition) is 1. The number of methoxy groups -OCH3 is 1. The molecule has 0 fully saturated rings. The van der Waals surface area contributed by atoms with Crippen molar-refractivity contribution >= 4 is 21.7 Å². The number of anilines is 1. The predicted molar refractivity (Wildman–Crippen MR) is 58.4 cm³/mol. The molecule has 1 heterocycles. The van der Waals surface area contributed by atoms with E-state index in [0.717, 1.165) is 11.1 Å². The number of nitrogens with one attached hydrogen (secondary N) is 1. The molecule has 0 aromatic heterocycles. The van der Waals surface area contributed by atoms with Gasteiger partial charge in [0, 0.05) is 0 Å². The highest BCUT2D eigenvalue weighted by atomic mass is 32.2. The SMILES string of the molecule is COC(=O)Cc1ccc2c(c1)NS(=O)(=O)C2. The quantitative estimate of drug-likeness (QED) is 0.772. The Labute approximate surface area is 93.5 Å². The molecule has 2 rings (SSSR count). The monoisotopic (exact) mass is 241 g/mol. The first-order chi connectivity index (χ1) is 7.50. The van der Waals surface area contributed by atoms with Crippen molar-refractivity contribution in [3.63, 3.8) is 0 Å². The van der Waals surface area contributed by atoms with Crippen LogP contribution >= 0.6 is 0 Å². The van der Waals surface area contributed by atoms with Crippen LogP contribution in [0.25, 0.3) is 0 Å². The molecule has 1 N–H and O–H groups in total. The van der Waals surface area contributed by atoms with Crippen LogP contribution in [0, 0.1) is 0 Å². The highest BCUT2D eigenvalue weighted by Gasteiger charge is 2.23. The molecule has 0 radical (unpaired) electrons. The Bertz CT molecular complexity index is 536. The van der Waals surface area contributed by atoms with E-state index in [4.69, 9.17) is 0 Å². The largest absolute Gasteiger partial charge is 0.469 e. The number of esters is 1. The van der Waals surface area contributed by atoms with Gasteiger partial charge in [-0.15, -0.1) is 0 Å². The Balaban J connectivity index is 2.26. The molecular weight excluding hydrogens is 230 g/mol. The number of benzene rings is 1. The summed E-state index contributed by atoms with van der Waals surface area (Å²) in [5.41, 5.74) is 2.02. The van der Waals surface area contributed by atoms with Crippen LogP contribution in [0.2, 0.25) is 0 Å². The van der Waals surface area contributed by atoms with E-state index in [2.05, 4.69) is 9.46 Å². The maximum atomic E-state index is 11.3. The number of carbonyl (C=O) groups excluding carboxylic acids is 1. The Morgan fingerprint density at radius 1 is 1.50 bits per heavy atom. The first-order valence-electron chi connectivity index (χ1n) is 4.69. The fourth-order valence-corrected chi connectivity index (χ4v) is 2.86. The average molecular weight is 241 g/mol. The normalized spacial score (nSPS) is 16.3. The van der Waals surface area contributed by atoms with Gasteiger partial charge in [-0.05, 0) is 17.2 Å². The van der Waals surface area contributed by atoms with E-state index >= 15 is 0 Å². The summed E-state index contributed by atoms with van der Waals surface area (Å²) in [7, 11) is -1.90. The highest BCUT2D eigenvalue weighted by Crippen LogP contribution is 2.27. The van der Waals surface area contributed by atoms with Crippen molar-refractivity contribution in [3.8, 4) is 0 Å². The standard InChI is InChI=1S/C10H11NO4S/c1-15-10(12)5-7-2-3-8-6-16(13,14)11-9(8)4-7/h2-4,11H,5-6H2,1H3. The molecule has 0 spiro atoms. The van der Waals surface area contributed by atoms with E-state index in [0.29, 0.717) is 5.69 Å². The second kappa shape index (κ2) is 3.79. The third kappa shape index (κ3) is 2.16. The van der Waals surface area contributed by atoms with E-state index < -0.39 is 10.0 Å². The maximum absolute atomic E-state index is 11.3. The van der Waals surface area contributed by atoms with Crippen molar-refractivity contribution in [1.82, 2.24) is 0 Å². The molecule has 6 heteroatoms. The van der Waals surface area contributed by atoms with Crippen LogP contribution < -0.4 is 4.72 Å². The van der Waals surface area contributed by atoms with Crippen molar-refractivity contribution in [2.24, 2.45) is 0 Å². The molecule has 86 valence electrons. The number of sulfonamides is 1. The van der Waals surface area contributed by atoms with Crippen molar-refractivity contribution < 1.29 is 17.9 Å². The number of hydrogen-bond acceptors (Lipinski definition) is 4. The van der Waals surface area contributed by atoms with Gasteiger partial charge in [-0.3, -0.25) is 9.52 Å². The van der Waals surface area contributed by atoms with Crippen LogP contribution in [-0.4, -0.2) is 21.5 Å². The van der Waals surface area contributed by atoms with Gasteiger partial charge in [0.15, 0.2) is 0 Å². The Morgan fingerprint density at radius 2 is 2.25 bits per heavy atom. The second-order valence-corrected chi connectivity index (χ2v) is 5.33.